The van der Waals surface area contributed by atoms with E-state index >= 15 is 0 Å². The van der Waals surface area contributed by atoms with Crippen molar-refractivity contribution in [2.24, 2.45) is 0 Å². The first-order valence-electron chi connectivity index (χ1n) is 9.10. The van der Waals surface area contributed by atoms with Crippen molar-refractivity contribution in [2.75, 3.05) is 24.7 Å². The number of hydrogen-bond acceptors (Lipinski definition) is 4. The van der Waals surface area contributed by atoms with Crippen LogP contribution in [-0.4, -0.2) is 49.9 Å². The Morgan fingerprint density at radius 2 is 1.96 bits per heavy atom. The lowest BCUT2D eigenvalue weighted by molar-refractivity contribution is -0.135. The molecule has 1 saturated heterocycles. The van der Waals surface area contributed by atoms with E-state index in [-0.39, 0.29) is 30.1 Å². The monoisotopic (exact) mass is 375 g/mol. The Morgan fingerprint density at radius 1 is 1.19 bits per heavy atom. The molecule has 1 fully saturated rings. The number of nitrogens with zero attached hydrogens (tertiary/aromatic N) is 1. The summed E-state index contributed by atoms with van der Waals surface area (Å²) in [6.07, 6.45) is 2.33. The van der Waals surface area contributed by atoms with Crippen LogP contribution in [0.4, 0.5) is 0 Å². The highest BCUT2D eigenvalue weighted by Crippen LogP contribution is 2.22. The van der Waals surface area contributed by atoms with Crippen molar-refractivity contribution in [2.45, 2.75) is 32.2 Å². The Balaban J connectivity index is 1.66. The lowest BCUT2D eigenvalue weighted by Crippen LogP contribution is -2.44. The van der Waals surface area contributed by atoms with Gasteiger partial charge >= 0.3 is 0 Å². The highest BCUT2D eigenvalue weighted by atomic mass is 32.2. The van der Waals surface area contributed by atoms with E-state index in [4.69, 9.17) is 4.74 Å². The fourth-order valence-corrected chi connectivity index (χ4v) is 5.08. The van der Waals surface area contributed by atoms with E-state index in [0.29, 0.717) is 18.7 Å². The van der Waals surface area contributed by atoms with Gasteiger partial charge in [0.1, 0.15) is 5.75 Å². The molecule has 2 aromatic rings. The minimum Gasteiger partial charge on any atom is -0.484 e. The molecule has 0 saturated carbocycles. The first-order valence-corrected chi connectivity index (χ1v) is 10.9. The standard InChI is InChI=1S/C20H25NO4S/c1-2-3-11-21(18-10-12-26(23,24)15-18)20(22)14-25-19-9-8-16-6-4-5-7-17(16)13-19/h4-9,13,18H,2-3,10-12,14-15H2,1H3. The number of ether oxygens (including phenoxy) is 1. The number of sulfone groups is 1. The quantitative estimate of drug-likeness (QED) is 0.746. The van der Waals surface area contributed by atoms with E-state index in [1.165, 1.54) is 0 Å². The summed E-state index contributed by atoms with van der Waals surface area (Å²) < 4.78 is 29.3. The van der Waals surface area contributed by atoms with Crippen molar-refractivity contribution < 1.29 is 17.9 Å². The first-order chi connectivity index (χ1) is 12.5. The van der Waals surface area contributed by atoms with Crippen molar-refractivity contribution in [3.05, 3.63) is 42.5 Å². The molecule has 5 nitrogen and oxygen atoms in total. The molecular weight excluding hydrogens is 350 g/mol. The van der Waals surface area contributed by atoms with Gasteiger partial charge in [0, 0.05) is 12.6 Å². The molecule has 6 heteroatoms. The number of amides is 1. The second kappa shape index (κ2) is 8.08. The molecule has 1 heterocycles. The van der Waals surface area contributed by atoms with Crippen molar-refractivity contribution >= 4 is 26.5 Å². The van der Waals surface area contributed by atoms with E-state index in [9.17, 15) is 13.2 Å². The average Bonchev–Trinajstić information content (AvgIpc) is 2.99. The summed E-state index contributed by atoms with van der Waals surface area (Å²) in [7, 11) is -3.03. The van der Waals surface area contributed by atoms with Crippen LogP contribution < -0.4 is 4.74 Å². The highest BCUT2D eigenvalue weighted by molar-refractivity contribution is 7.91. The van der Waals surface area contributed by atoms with Gasteiger partial charge in [-0.2, -0.15) is 0 Å². The van der Waals surface area contributed by atoms with E-state index in [0.717, 1.165) is 23.6 Å². The summed E-state index contributed by atoms with van der Waals surface area (Å²) in [5.41, 5.74) is 0. The second-order valence-electron chi connectivity index (χ2n) is 6.80. The number of carbonyl (C=O) groups excluding carboxylic acids is 1. The Bertz CT molecular complexity index is 878. The predicted molar refractivity (Wildman–Crippen MR) is 103 cm³/mol. The van der Waals surface area contributed by atoms with Gasteiger partial charge in [-0.1, -0.05) is 43.7 Å². The number of benzene rings is 2. The summed E-state index contributed by atoms with van der Waals surface area (Å²) in [4.78, 5) is 14.4. The molecule has 1 aliphatic heterocycles. The van der Waals surface area contributed by atoms with Crippen LogP contribution in [0.5, 0.6) is 5.75 Å². The van der Waals surface area contributed by atoms with Gasteiger partial charge in [-0.25, -0.2) is 8.42 Å². The molecule has 1 amide bonds. The number of unbranched alkanes of at least 4 members (excludes halogenated alkanes) is 1. The molecule has 0 spiro atoms. The molecule has 1 unspecified atom stereocenters. The third-order valence-corrected chi connectivity index (χ3v) is 6.56. The topological polar surface area (TPSA) is 63.7 Å². The number of rotatable bonds is 7. The Morgan fingerprint density at radius 3 is 2.65 bits per heavy atom. The zero-order valence-electron chi connectivity index (χ0n) is 15.1. The lowest BCUT2D eigenvalue weighted by Gasteiger charge is -2.28. The molecule has 3 rings (SSSR count). The average molecular weight is 375 g/mol. The van der Waals surface area contributed by atoms with Crippen LogP contribution in [0.3, 0.4) is 0 Å². The van der Waals surface area contributed by atoms with Crippen molar-refractivity contribution in [3.8, 4) is 5.75 Å². The molecule has 140 valence electrons. The summed E-state index contributed by atoms with van der Waals surface area (Å²) >= 11 is 0. The zero-order valence-corrected chi connectivity index (χ0v) is 15.9. The number of hydrogen-bond donors (Lipinski definition) is 0. The molecule has 0 bridgehead atoms. The normalized spacial score (nSPS) is 18.7. The highest BCUT2D eigenvalue weighted by Gasteiger charge is 2.34. The van der Waals surface area contributed by atoms with E-state index < -0.39 is 9.84 Å². The molecular formula is C20H25NO4S. The second-order valence-corrected chi connectivity index (χ2v) is 9.02. The lowest BCUT2D eigenvalue weighted by atomic mass is 10.1. The Kier molecular flexibility index (Phi) is 5.81. The Labute approximate surface area is 154 Å². The van der Waals surface area contributed by atoms with E-state index in [2.05, 4.69) is 6.92 Å². The van der Waals surface area contributed by atoms with Gasteiger partial charge in [-0.3, -0.25) is 4.79 Å². The fraction of sp³-hybridized carbons (Fsp3) is 0.450. The SMILES string of the molecule is CCCCN(C(=O)COc1ccc2ccccc2c1)C1CCS(=O)(=O)C1. The van der Waals surface area contributed by atoms with Crippen LogP contribution in [-0.2, 0) is 14.6 Å². The third-order valence-electron chi connectivity index (χ3n) is 4.81. The molecule has 0 aliphatic carbocycles. The summed E-state index contributed by atoms with van der Waals surface area (Å²) in [5, 5.41) is 2.18. The van der Waals surface area contributed by atoms with Gasteiger partial charge in [0.15, 0.2) is 16.4 Å². The van der Waals surface area contributed by atoms with Gasteiger partial charge < -0.3 is 9.64 Å². The molecule has 0 radical (unpaired) electrons. The number of fused-ring (bicyclic) bond motifs is 1. The van der Waals surface area contributed by atoms with E-state index in [1.807, 2.05) is 42.5 Å². The zero-order chi connectivity index (χ0) is 18.6. The molecule has 1 atom stereocenters. The van der Waals surface area contributed by atoms with Crippen molar-refractivity contribution in [1.29, 1.82) is 0 Å². The molecule has 1 aliphatic rings. The minimum atomic E-state index is -3.03. The summed E-state index contributed by atoms with van der Waals surface area (Å²) in [6.45, 7) is 2.56. The minimum absolute atomic E-state index is 0.0679. The van der Waals surface area contributed by atoms with Gasteiger partial charge in [0.05, 0.1) is 11.5 Å². The van der Waals surface area contributed by atoms with Gasteiger partial charge in [-0.05, 0) is 35.7 Å². The van der Waals surface area contributed by atoms with Crippen molar-refractivity contribution in [1.82, 2.24) is 4.90 Å². The number of carbonyl (C=O) groups is 1. The maximum Gasteiger partial charge on any atom is 0.260 e. The van der Waals surface area contributed by atoms with Crippen LogP contribution in [0.2, 0.25) is 0 Å². The predicted octanol–water partition coefficient (Wildman–Crippen LogP) is 3.03. The maximum absolute atomic E-state index is 12.7. The molecule has 2 aromatic carbocycles. The molecule has 26 heavy (non-hydrogen) atoms. The molecule has 0 N–H and O–H groups in total. The first kappa shape index (κ1) is 18.7. The summed E-state index contributed by atoms with van der Waals surface area (Å²) in [5.74, 6) is 0.734. The molecule has 0 aromatic heterocycles. The maximum atomic E-state index is 12.7. The van der Waals surface area contributed by atoms with E-state index in [1.54, 1.807) is 4.90 Å². The van der Waals surface area contributed by atoms with Crippen LogP contribution in [0.15, 0.2) is 42.5 Å². The van der Waals surface area contributed by atoms with Gasteiger partial charge in [0.25, 0.3) is 5.91 Å². The van der Waals surface area contributed by atoms with Gasteiger partial charge in [0.2, 0.25) is 0 Å². The van der Waals surface area contributed by atoms with Crippen LogP contribution >= 0.6 is 0 Å². The van der Waals surface area contributed by atoms with Crippen LogP contribution in [0, 0.1) is 0 Å². The fourth-order valence-electron chi connectivity index (χ4n) is 3.35. The summed E-state index contributed by atoms with van der Waals surface area (Å²) in [6, 6.07) is 13.5. The van der Waals surface area contributed by atoms with Crippen LogP contribution in [0.1, 0.15) is 26.2 Å². The third kappa shape index (κ3) is 4.55. The largest absolute Gasteiger partial charge is 0.484 e. The van der Waals surface area contributed by atoms with Crippen molar-refractivity contribution in [3.63, 3.8) is 0 Å². The van der Waals surface area contributed by atoms with Gasteiger partial charge in [-0.15, -0.1) is 0 Å². The smallest absolute Gasteiger partial charge is 0.260 e. The van der Waals surface area contributed by atoms with Crippen LogP contribution in [0.25, 0.3) is 10.8 Å². The Hall–Kier alpha value is -2.08.